The Balaban J connectivity index is 1.55. The van der Waals surface area contributed by atoms with E-state index < -0.39 is 0 Å². The molecule has 3 aromatic rings. The summed E-state index contributed by atoms with van der Waals surface area (Å²) in [7, 11) is 1.66. The van der Waals surface area contributed by atoms with Gasteiger partial charge in [-0.2, -0.15) is 0 Å². The van der Waals surface area contributed by atoms with Gasteiger partial charge < -0.3 is 10.1 Å². The van der Waals surface area contributed by atoms with Gasteiger partial charge in [-0.25, -0.2) is 0 Å². The van der Waals surface area contributed by atoms with Gasteiger partial charge in [0.25, 0.3) is 0 Å². The highest BCUT2D eigenvalue weighted by Crippen LogP contribution is 2.28. The molecule has 1 aliphatic rings. The molecular weight excluding hydrogens is 372 g/mol. The molecule has 0 saturated heterocycles. The molecule has 148 valence electrons. The lowest BCUT2D eigenvalue weighted by Gasteiger charge is -2.15. The molecule has 0 bridgehead atoms. The monoisotopic (exact) mass is 398 g/mol. The van der Waals surface area contributed by atoms with Gasteiger partial charge in [0.1, 0.15) is 5.75 Å². The van der Waals surface area contributed by atoms with E-state index in [9.17, 15) is 4.79 Å². The molecule has 1 fully saturated rings. The van der Waals surface area contributed by atoms with Crippen LogP contribution in [0.25, 0.3) is 16.6 Å². The summed E-state index contributed by atoms with van der Waals surface area (Å²) in [4.78, 5) is 12.5. The highest BCUT2D eigenvalue weighted by Gasteiger charge is 2.17. The number of hydrogen-bond donors (Lipinski definition) is 1. The molecule has 1 aliphatic carbocycles. The number of carbonyl (C=O) groups is 1. The summed E-state index contributed by atoms with van der Waals surface area (Å²) < 4.78 is 7.40. The van der Waals surface area contributed by atoms with Gasteiger partial charge in [-0.1, -0.05) is 37.4 Å². The maximum Gasteiger partial charge on any atom is 0.230 e. The zero-order valence-electron chi connectivity index (χ0n) is 16.4. The zero-order valence-corrected chi connectivity index (χ0v) is 17.2. The Morgan fingerprint density at radius 3 is 2.75 bits per heavy atom. The fraction of sp³-hybridized carbons (Fsp3) is 0.476. The van der Waals surface area contributed by atoms with E-state index >= 15 is 0 Å². The predicted octanol–water partition coefficient (Wildman–Crippen LogP) is 4.13. The predicted molar refractivity (Wildman–Crippen MR) is 112 cm³/mol. The molecule has 0 radical (unpaired) electrons. The van der Waals surface area contributed by atoms with E-state index in [1.807, 2.05) is 22.6 Å². The summed E-state index contributed by atoms with van der Waals surface area (Å²) in [5.41, 5.74) is 2.91. The van der Waals surface area contributed by atoms with E-state index in [1.54, 1.807) is 7.11 Å². The normalized spacial score (nSPS) is 15.6. The minimum Gasteiger partial charge on any atom is -0.497 e. The van der Waals surface area contributed by atoms with Gasteiger partial charge in [-0.15, -0.1) is 10.2 Å². The summed E-state index contributed by atoms with van der Waals surface area (Å²) in [6.07, 6.45) is 7.16. The van der Waals surface area contributed by atoms with Gasteiger partial charge in [0, 0.05) is 17.5 Å². The Morgan fingerprint density at radius 1 is 1.21 bits per heavy atom. The van der Waals surface area contributed by atoms with Crippen molar-refractivity contribution in [2.75, 3.05) is 12.9 Å². The van der Waals surface area contributed by atoms with E-state index in [2.05, 4.69) is 28.5 Å². The quantitative estimate of drug-likeness (QED) is 0.517. The number of benzene rings is 1. The van der Waals surface area contributed by atoms with Gasteiger partial charge in [0.05, 0.1) is 18.4 Å². The number of rotatable bonds is 5. The second-order valence-electron chi connectivity index (χ2n) is 7.43. The number of thioether (sulfide) groups is 1. The summed E-state index contributed by atoms with van der Waals surface area (Å²) in [6.45, 7) is 2.07. The lowest BCUT2D eigenvalue weighted by Crippen LogP contribution is -2.35. The Hall–Kier alpha value is -2.28. The van der Waals surface area contributed by atoms with Crippen molar-refractivity contribution < 1.29 is 9.53 Å². The topological polar surface area (TPSA) is 68.5 Å². The van der Waals surface area contributed by atoms with Crippen LogP contribution in [0.2, 0.25) is 0 Å². The molecule has 7 heteroatoms. The Labute approximate surface area is 169 Å². The van der Waals surface area contributed by atoms with Crippen LogP contribution < -0.4 is 10.1 Å². The molecule has 0 unspecified atom stereocenters. The van der Waals surface area contributed by atoms with Gasteiger partial charge >= 0.3 is 0 Å². The second kappa shape index (κ2) is 8.39. The van der Waals surface area contributed by atoms with Crippen molar-refractivity contribution in [3.63, 3.8) is 0 Å². The lowest BCUT2D eigenvalue weighted by molar-refractivity contribution is -0.119. The third-order valence-electron chi connectivity index (χ3n) is 5.43. The number of pyridine rings is 1. The number of fused-ring (bicyclic) bond motifs is 3. The number of nitrogens with one attached hydrogen (secondary N) is 1. The Morgan fingerprint density at radius 2 is 2.00 bits per heavy atom. The second-order valence-corrected chi connectivity index (χ2v) is 8.37. The highest BCUT2D eigenvalue weighted by molar-refractivity contribution is 7.99. The summed E-state index contributed by atoms with van der Waals surface area (Å²) >= 11 is 1.43. The molecule has 0 atom stereocenters. The minimum atomic E-state index is 0.0719. The first-order valence-electron chi connectivity index (χ1n) is 9.90. The van der Waals surface area contributed by atoms with Crippen LogP contribution in [0.3, 0.4) is 0 Å². The maximum atomic E-state index is 12.5. The van der Waals surface area contributed by atoms with Crippen molar-refractivity contribution in [2.24, 2.45) is 0 Å². The van der Waals surface area contributed by atoms with Crippen LogP contribution >= 0.6 is 11.8 Å². The number of hydrogen-bond acceptors (Lipinski definition) is 5. The first-order valence-corrected chi connectivity index (χ1v) is 10.9. The molecular formula is C21H26N4O2S. The largest absolute Gasteiger partial charge is 0.497 e. The fourth-order valence-corrected chi connectivity index (χ4v) is 4.71. The van der Waals surface area contributed by atoms with Gasteiger partial charge in [0.15, 0.2) is 10.8 Å². The molecule has 6 nitrogen and oxygen atoms in total. The van der Waals surface area contributed by atoms with Crippen molar-refractivity contribution in [3.8, 4) is 5.75 Å². The molecule has 1 saturated carbocycles. The van der Waals surface area contributed by atoms with E-state index in [4.69, 9.17) is 4.74 Å². The van der Waals surface area contributed by atoms with E-state index in [1.165, 1.54) is 37.4 Å². The molecule has 0 spiro atoms. The van der Waals surface area contributed by atoms with Crippen LogP contribution in [-0.4, -0.2) is 39.4 Å². The molecule has 0 aliphatic heterocycles. The smallest absolute Gasteiger partial charge is 0.230 e. The first kappa shape index (κ1) is 19.1. The molecule has 28 heavy (non-hydrogen) atoms. The van der Waals surface area contributed by atoms with Crippen LogP contribution in [0.15, 0.2) is 29.4 Å². The molecule has 2 heterocycles. The third-order valence-corrected chi connectivity index (χ3v) is 6.36. The molecule has 1 N–H and O–H groups in total. The molecule has 2 aromatic heterocycles. The maximum absolute atomic E-state index is 12.5. The van der Waals surface area contributed by atoms with E-state index in [-0.39, 0.29) is 5.91 Å². The van der Waals surface area contributed by atoms with E-state index in [0.29, 0.717) is 11.8 Å². The Bertz CT molecular complexity index is 993. The van der Waals surface area contributed by atoms with Crippen LogP contribution in [0.1, 0.15) is 44.1 Å². The number of aryl methyl sites for hydroxylation is 1. The number of methoxy groups -OCH3 is 1. The average Bonchev–Trinajstić information content (AvgIpc) is 2.93. The van der Waals surface area contributed by atoms with Crippen molar-refractivity contribution in [1.82, 2.24) is 19.9 Å². The van der Waals surface area contributed by atoms with Gasteiger partial charge in [-0.05, 0) is 43.5 Å². The number of nitrogens with zero attached hydrogens (tertiary/aromatic N) is 3. The third kappa shape index (κ3) is 3.94. The highest BCUT2D eigenvalue weighted by atomic mass is 32.2. The summed E-state index contributed by atoms with van der Waals surface area (Å²) in [5, 5.41) is 13.7. The number of carbonyl (C=O) groups excluding carboxylic acids is 1. The molecule has 4 rings (SSSR count). The number of amides is 1. The molecule has 1 aromatic carbocycles. The van der Waals surface area contributed by atoms with E-state index in [0.717, 1.165) is 45.9 Å². The zero-order chi connectivity index (χ0) is 19.5. The average molecular weight is 399 g/mol. The minimum absolute atomic E-state index is 0.0719. The van der Waals surface area contributed by atoms with Crippen LogP contribution in [0.4, 0.5) is 0 Å². The molecule has 1 amide bonds. The summed E-state index contributed by atoms with van der Waals surface area (Å²) in [5.74, 6) is 1.20. The fourth-order valence-electron chi connectivity index (χ4n) is 3.95. The van der Waals surface area contributed by atoms with Crippen LogP contribution in [0, 0.1) is 6.92 Å². The van der Waals surface area contributed by atoms with Crippen molar-refractivity contribution >= 4 is 34.2 Å². The number of aromatic nitrogens is 3. The summed E-state index contributed by atoms with van der Waals surface area (Å²) in [6, 6.07) is 8.35. The van der Waals surface area contributed by atoms with Crippen molar-refractivity contribution in [1.29, 1.82) is 0 Å². The van der Waals surface area contributed by atoms with Gasteiger partial charge in [-0.3, -0.25) is 9.20 Å². The van der Waals surface area contributed by atoms with Crippen molar-refractivity contribution in [3.05, 3.63) is 29.8 Å². The lowest BCUT2D eigenvalue weighted by atomic mass is 10.1. The van der Waals surface area contributed by atoms with Crippen LogP contribution in [-0.2, 0) is 4.79 Å². The standard InChI is InChI=1S/C21H26N4O2S/c1-14-11-19-23-24-21(25(19)18-12-16(27-2)9-10-17(14)18)28-13-20(26)22-15-7-5-3-4-6-8-15/h9-12,15H,3-8,13H2,1-2H3,(H,22,26). The Kier molecular flexibility index (Phi) is 5.71. The van der Waals surface area contributed by atoms with Crippen LogP contribution in [0.5, 0.6) is 5.75 Å². The van der Waals surface area contributed by atoms with Crippen molar-refractivity contribution in [2.45, 2.75) is 56.6 Å². The number of ether oxygens (including phenoxy) is 1. The van der Waals surface area contributed by atoms with Gasteiger partial charge in [0.2, 0.25) is 5.91 Å². The first-order chi connectivity index (χ1) is 13.7. The SMILES string of the molecule is COc1ccc2c(C)cc3nnc(SCC(=O)NC4CCCCCC4)n3c2c1.